The molecule has 2 aromatic rings. The third kappa shape index (κ3) is 5.95. The van der Waals surface area contributed by atoms with Crippen LogP contribution in [-0.4, -0.2) is 59.5 Å². The van der Waals surface area contributed by atoms with Crippen LogP contribution in [0.1, 0.15) is 63.1 Å². The van der Waals surface area contributed by atoms with Gasteiger partial charge < -0.3 is 19.9 Å². The van der Waals surface area contributed by atoms with Crippen molar-refractivity contribution in [1.29, 1.82) is 0 Å². The van der Waals surface area contributed by atoms with E-state index in [0.717, 1.165) is 62.2 Å². The summed E-state index contributed by atoms with van der Waals surface area (Å²) in [5.74, 6) is 3.02. The highest BCUT2D eigenvalue weighted by Crippen LogP contribution is 2.38. The van der Waals surface area contributed by atoms with Crippen LogP contribution < -0.4 is 5.32 Å². The Morgan fingerprint density at radius 1 is 1.26 bits per heavy atom. The number of H-pyrrole nitrogens is 1. The zero-order valence-corrected chi connectivity index (χ0v) is 21.8. The molecule has 0 saturated carbocycles. The van der Waals surface area contributed by atoms with Crippen molar-refractivity contribution in [3.05, 3.63) is 41.2 Å². The largest absolute Gasteiger partial charge is 0.465 e. The first-order chi connectivity index (χ1) is 16.7. The number of carbonyl (C=O) groups excluding carboxylic acids is 2. The lowest BCUT2D eigenvalue weighted by Crippen LogP contribution is -2.46. The summed E-state index contributed by atoms with van der Waals surface area (Å²) in [6, 6.07) is 5.96. The molecule has 0 radical (unpaired) electrons. The fraction of sp³-hybridized carbons (Fsp3) is 0.607. The van der Waals surface area contributed by atoms with Gasteiger partial charge in [0.25, 0.3) is 0 Å². The number of piperidine rings is 1. The van der Waals surface area contributed by atoms with Gasteiger partial charge in [0.2, 0.25) is 5.91 Å². The van der Waals surface area contributed by atoms with E-state index in [1.54, 1.807) is 13.0 Å². The number of esters is 1. The quantitative estimate of drug-likeness (QED) is 0.455. The number of methoxy groups -OCH3 is 1. The third-order valence-electron chi connectivity index (χ3n) is 8.06. The Morgan fingerprint density at radius 2 is 2.00 bits per heavy atom. The topological polar surface area (TPSA) is 87.3 Å². The minimum absolute atomic E-state index is 0.188. The summed E-state index contributed by atoms with van der Waals surface area (Å²) in [7, 11) is 1.40. The van der Waals surface area contributed by atoms with Gasteiger partial charge in [-0.15, -0.1) is 0 Å². The Kier molecular flexibility index (Phi) is 7.95. The molecule has 1 aromatic heterocycles. The van der Waals surface area contributed by atoms with Gasteiger partial charge in [0, 0.05) is 39.0 Å². The molecule has 7 heteroatoms. The van der Waals surface area contributed by atoms with Crippen LogP contribution in [-0.2, 0) is 16.0 Å². The smallest absolute Gasteiger partial charge is 0.337 e. The molecule has 1 saturated heterocycles. The third-order valence-corrected chi connectivity index (χ3v) is 8.06. The highest BCUT2D eigenvalue weighted by Gasteiger charge is 2.32. The van der Waals surface area contributed by atoms with E-state index in [1.807, 2.05) is 17.0 Å². The van der Waals surface area contributed by atoms with Gasteiger partial charge in [-0.1, -0.05) is 25.5 Å². The van der Waals surface area contributed by atoms with Crippen LogP contribution in [0, 0.1) is 23.7 Å². The fourth-order valence-electron chi connectivity index (χ4n) is 5.85. The lowest BCUT2D eigenvalue weighted by molar-refractivity contribution is -0.129. The first-order valence-corrected chi connectivity index (χ1v) is 13.0. The molecule has 190 valence electrons. The molecule has 4 rings (SSSR count). The number of likely N-dealkylation sites (tertiary alicyclic amines) is 1. The van der Waals surface area contributed by atoms with Gasteiger partial charge in [0.15, 0.2) is 0 Å². The fourth-order valence-corrected chi connectivity index (χ4v) is 5.85. The predicted octanol–water partition coefficient (Wildman–Crippen LogP) is 4.35. The number of hydrogen-bond donors (Lipinski definition) is 2. The van der Waals surface area contributed by atoms with E-state index in [-0.39, 0.29) is 11.9 Å². The Bertz CT molecular complexity index is 1080. The molecule has 3 atom stereocenters. The van der Waals surface area contributed by atoms with Crippen LogP contribution >= 0.6 is 0 Å². The van der Waals surface area contributed by atoms with Crippen molar-refractivity contribution in [1.82, 2.24) is 20.2 Å². The Labute approximate surface area is 208 Å². The van der Waals surface area contributed by atoms with E-state index in [0.29, 0.717) is 35.3 Å². The molecule has 2 N–H and O–H groups in total. The zero-order chi connectivity index (χ0) is 25.1. The Balaban J connectivity index is 1.41. The number of carbonyl (C=O) groups is 2. The summed E-state index contributed by atoms with van der Waals surface area (Å²) >= 11 is 0. The monoisotopic (exact) mass is 480 g/mol. The molecule has 1 fully saturated rings. The van der Waals surface area contributed by atoms with Gasteiger partial charge in [0.1, 0.15) is 5.82 Å². The first kappa shape index (κ1) is 25.4. The van der Waals surface area contributed by atoms with Crippen molar-refractivity contribution < 1.29 is 14.3 Å². The number of fused-ring (bicyclic) bond motifs is 1. The second kappa shape index (κ2) is 10.9. The number of rotatable bonds is 7. The normalized spacial score (nSPS) is 23.5. The van der Waals surface area contributed by atoms with Gasteiger partial charge in [-0.2, -0.15) is 0 Å². The van der Waals surface area contributed by atoms with Crippen molar-refractivity contribution in [2.75, 3.05) is 26.7 Å². The van der Waals surface area contributed by atoms with Gasteiger partial charge in [-0.3, -0.25) is 4.79 Å². The second-order valence-corrected chi connectivity index (χ2v) is 10.7. The maximum absolute atomic E-state index is 11.9. The number of nitrogens with one attached hydrogen (secondary N) is 2. The zero-order valence-electron chi connectivity index (χ0n) is 21.8. The molecule has 35 heavy (non-hydrogen) atoms. The molecular formula is C28H40N4O3. The van der Waals surface area contributed by atoms with Crippen LogP contribution in [0.5, 0.6) is 0 Å². The molecule has 2 aliphatic rings. The van der Waals surface area contributed by atoms with Crippen LogP contribution in [0.25, 0.3) is 11.0 Å². The van der Waals surface area contributed by atoms with Crippen LogP contribution in [0.2, 0.25) is 0 Å². The standard InChI is InChI=1S/C28H40N4O3/c1-17(2)24-13-21(15-27-30-25-7-6-20(28(34)35-5)14-26(25)31-27)18(3)12-22(24)16-29-23-8-10-32(11-9-23)19(4)33/h6-7,12,14,17,21-24,29H,8-11,13,15-16H2,1-5H3,(H,30,31)/t21-,22-,24-/m0/s1. The Hall–Kier alpha value is -2.67. The van der Waals surface area contributed by atoms with Crippen molar-refractivity contribution >= 4 is 22.9 Å². The molecule has 1 amide bonds. The highest BCUT2D eigenvalue weighted by atomic mass is 16.5. The number of imidazole rings is 1. The minimum atomic E-state index is -0.335. The number of nitrogens with zero attached hydrogens (tertiary/aromatic N) is 2. The molecule has 0 spiro atoms. The van der Waals surface area contributed by atoms with Gasteiger partial charge in [-0.05, 0) is 68.1 Å². The van der Waals surface area contributed by atoms with E-state index in [2.05, 4.69) is 37.1 Å². The van der Waals surface area contributed by atoms with Crippen molar-refractivity contribution in [3.8, 4) is 0 Å². The number of ether oxygens (including phenoxy) is 1. The molecule has 1 aliphatic carbocycles. The number of hydrogen-bond acceptors (Lipinski definition) is 5. The lowest BCUT2D eigenvalue weighted by atomic mass is 9.69. The first-order valence-electron chi connectivity index (χ1n) is 13.0. The summed E-state index contributed by atoms with van der Waals surface area (Å²) in [6.45, 7) is 11.3. The van der Waals surface area contributed by atoms with Crippen LogP contribution in [0.15, 0.2) is 29.8 Å². The average Bonchev–Trinajstić information content (AvgIpc) is 3.25. The van der Waals surface area contributed by atoms with Crippen molar-refractivity contribution in [2.45, 2.75) is 59.4 Å². The molecule has 0 bridgehead atoms. The van der Waals surface area contributed by atoms with Crippen LogP contribution in [0.4, 0.5) is 0 Å². The molecule has 1 aromatic carbocycles. The van der Waals surface area contributed by atoms with E-state index < -0.39 is 0 Å². The molecular weight excluding hydrogens is 440 g/mol. The lowest BCUT2D eigenvalue weighted by Gasteiger charge is -2.39. The van der Waals surface area contributed by atoms with Crippen molar-refractivity contribution in [3.63, 3.8) is 0 Å². The SMILES string of the molecule is COC(=O)c1ccc2nc(C[C@@H]3C[C@@H](C(C)C)[C@H](CNC4CCN(C(C)=O)CC4)C=C3C)[nH]c2c1. The summed E-state index contributed by atoms with van der Waals surface area (Å²) < 4.78 is 4.84. The summed E-state index contributed by atoms with van der Waals surface area (Å²) in [5.41, 5.74) is 3.73. The number of aromatic nitrogens is 2. The number of allylic oxidation sites excluding steroid dienone is 1. The highest BCUT2D eigenvalue weighted by molar-refractivity contribution is 5.93. The number of amides is 1. The molecule has 0 unspecified atom stereocenters. The maximum Gasteiger partial charge on any atom is 0.337 e. The number of aromatic amines is 1. The number of benzene rings is 1. The summed E-state index contributed by atoms with van der Waals surface area (Å²) in [5, 5.41) is 3.82. The van der Waals surface area contributed by atoms with E-state index in [9.17, 15) is 9.59 Å². The van der Waals surface area contributed by atoms with Crippen LogP contribution in [0.3, 0.4) is 0 Å². The summed E-state index contributed by atoms with van der Waals surface area (Å²) in [4.78, 5) is 33.7. The van der Waals surface area contributed by atoms with Gasteiger partial charge in [0.05, 0.1) is 23.7 Å². The van der Waals surface area contributed by atoms with E-state index in [1.165, 1.54) is 12.7 Å². The Morgan fingerprint density at radius 3 is 2.66 bits per heavy atom. The average molecular weight is 481 g/mol. The van der Waals surface area contributed by atoms with E-state index in [4.69, 9.17) is 9.72 Å². The maximum atomic E-state index is 11.9. The van der Waals surface area contributed by atoms with Crippen molar-refractivity contribution in [2.24, 2.45) is 23.7 Å². The predicted molar refractivity (Wildman–Crippen MR) is 138 cm³/mol. The minimum Gasteiger partial charge on any atom is -0.465 e. The molecule has 2 heterocycles. The van der Waals surface area contributed by atoms with E-state index >= 15 is 0 Å². The summed E-state index contributed by atoms with van der Waals surface area (Å²) in [6.07, 6.45) is 6.59. The molecule has 7 nitrogen and oxygen atoms in total. The second-order valence-electron chi connectivity index (χ2n) is 10.7. The van der Waals surface area contributed by atoms with Gasteiger partial charge >= 0.3 is 5.97 Å². The van der Waals surface area contributed by atoms with Gasteiger partial charge in [-0.25, -0.2) is 9.78 Å². The molecule has 1 aliphatic heterocycles.